The molecule has 0 aromatic heterocycles. The molecule has 0 saturated carbocycles. The van der Waals surface area contributed by atoms with Crippen LogP contribution in [0, 0.1) is 0 Å². The Morgan fingerprint density at radius 1 is 1.67 bits per heavy atom. The van der Waals surface area contributed by atoms with Crippen LogP contribution in [0.5, 0.6) is 0 Å². The zero-order valence-corrected chi connectivity index (χ0v) is 8.77. The number of carbonyl (C=O) groups excluding carboxylic acids is 1. The van der Waals surface area contributed by atoms with Gasteiger partial charge in [0.1, 0.15) is 6.04 Å². The van der Waals surface area contributed by atoms with Crippen LogP contribution in [-0.2, 0) is 9.59 Å². The third-order valence-electron chi connectivity index (χ3n) is 2.66. The lowest BCUT2D eigenvalue weighted by molar-refractivity contribution is -0.139. The first-order valence-corrected chi connectivity index (χ1v) is 5.00. The molecule has 6 nitrogen and oxygen atoms in total. The number of likely N-dealkylation sites (N-methyl/N-ethyl adjacent to an activating group) is 1. The van der Waals surface area contributed by atoms with Gasteiger partial charge in [0, 0.05) is 13.6 Å². The third kappa shape index (κ3) is 2.90. The molecule has 1 fully saturated rings. The Labute approximate surface area is 88.4 Å². The number of aliphatic carboxylic acids is 1. The highest BCUT2D eigenvalue weighted by molar-refractivity contribution is 5.82. The van der Waals surface area contributed by atoms with Crippen LogP contribution in [-0.4, -0.2) is 54.1 Å². The summed E-state index contributed by atoms with van der Waals surface area (Å²) in [5.41, 5.74) is 5.43. The first-order chi connectivity index (χ1) is 7.06. The molecule has 0 bridgehead atoms. The molecule has 15 heavy (non-hydrogen) atoms. The summed E-state index contributed by atoms with van der Waals surface area (Å²) in [7, 11) is 1.58. The van der Waals surface area contributed by atoms with Crippen LogP contribution in [0.25, 0.3) is 0 Å². The zero-order valence-electron chi connectivity index (χ0n) is 8.77. The Kier molecular flexibility index (Phi) is 4.05. The summed E-state index contributed by atoms with van der Waals surface area (Å²) in [5, 5.41) is 11.2. The SMILES string of the molecule is CNC(=O)C1CCCN1CC(N)C(=O)O. The number of carbonyl (C=O) groups is 2. The maximum Gasteiger partial charge on any atom is 0.321 e. The maximum absolute atomic E-state index is 11.4. The number of nitrogens with one attached hydrogen (secondary N) is 1. The average molecular weight is 215 g/mol. The van der Waals surface area contributed by atoms with Crippen molar-refractivity contribution in [1.82, 2.24) is 10.2 Å². The van der Waals surface area contributed by atoms with Crippen molar-refractivity contribution in [2.75, 3.05) is 20.1 Å². The second kappa shape index (κ2) is 5.09. The molecule has 1 amide bonds. The zero-order chi connectivity index (χ0) is 11.4. The average Bonchev–Trinajstić information content (AvgIpc) is 2.64. The number of likely N-dealkylation sites (tertiary alicyclic amines) is 1. The van der Waals surface area contributed by atoms with Gasteiger partial charge in [-0.2, -0.15) is 0 Å². The summed E-state index contributed by atoms with van der Waals surface area (Å²) < 4.78 is 0. The van der Waals surface area contributed by atoms with Gasteiger partial charge in [0.15, 0.2) is 0 Å². The molecular weight excluding hydrogens is 198 g/mol. The molecule has 4 N–H and O–H groups in total. The van der Waals surface area contributed by atoms with Gasteiger partial charge >= 0.3 is 5.97 Å². The molecule has 0 spiro atoms. The molecule has 0 radical (unpaired) electrons. The van der Waals surface area contributed by atoms with E-state index in [1.54, 1.807) is 7.05 Å². The summed E-state index contributed by atoms with van der Waals surface area (Å²) in [6, 6.07) is -1.14. The summed E-state index contributed by atoms with van der Waals surface area (Å²) >= 11 is 0. The van der Waals surface area contributed by atoms with E-state index in [-0.39, 0.29) is 18.5 Å². The minimum absolute atomic E-state index is 0.0647. The number of hydrogen-bond donors (Lipinski definition) is 3. The predicted octanol–water partition coefficient (Wildman–Crippen LogP) is -1.39. The fourth-order valence-electron chi connectivity index (χ4n) is 1.84. The lowest BCUT2D eigenvalue weighted by Crippen LogP contribution is -2.48. The van der Waals surface area contributed by atoms with Crippen molar-refractivity contribution in [3.8, 4) is 0 Å². The van der Waals surface area contributed by atoms with Crippen LogP contribution in [0.2, 0.25) is 0 Å². The molecule has 2 atom stereocenters. The van der Waals surface area contributed by atoms with E-state index in [1.807, 2.05) is 4.90 Å². The van der Waals surface area contributed by atoms with E-state index < -0.39 is 12.0 Å². The summed E-state index contributed by atoms with van der Waals surface area (Å²) in [4.78, 5) is 23.8. The molecule has 6 heteroatoms. The predicted molar refractivity (Wildman–Crippen MR) is 54.3 cm³/mol. The molecule has 1 rings (SSSR count). The lowest BCUT2D eigenvalue weighted by Gasteiger charge is -2.24. The number of hydrogen-bond acceptors (Lipinski definition) is 4. The van der Waals surface area contributed by atoms with E-state index in [4.69, 9.17) is 10.8 Å². The second-order valence-electron chi connectivity index (χ2n) is 3.71. The Morgan fingerprint density at radius 2 is 2.33 bits per heavy atom. The third-order valence-corrected chi connectivity index (χ3v) is 2.66. The fraction of sp³-hybridized carbons (Fsp3) is 0.778. The van der Waals surface area contributed by atoms with Gasteiger partial charge in [-0.15, -0.1) is 0 Å². The van der Waals surface area contributed by atoms with Crippen molar-refractivity contribution in [2.24, 2.45) is 5.73 Å². The van der Waals surface area contributed by atoms with Crippen molar-refractivity contribution in [3.05, 3.63) is 0 Å². The van der Waals surface area contributed by atoms with Crippen molar-refractivity contribution in [1.29, 1.82) is 0 Å². The Morgan fingerprint density at radius 3 is 2.87 bits per heavy atom. The topological polar surface area (TPSA) is 95.7 Å². The van der Waals surface area contributed by atoms with E-state index in [9.17, 15) is 9.59 Å². The Bertz CT molecular complexity index is 257. The first-order valence-electron chi connectivity index (χ1n) is 5.00. The van der Waals surface area contributed by atoms with E-state index in [1.165, 1.54) is 0 Å². The van der Waals surface area contributed by atoms with Crippen LogP contribution in [0.4, 0.5) is 0 Å². The van der Waals surface area contributed by atoms with Crippen molar-refractivity contribution in [3.63, 3.8) is 0 Å². The van der Waals surface area contributed by atoms with E-state index in [0.717, 1.165) is 19.4 Å². The lowest BCUT2D eigenvalue weighted by atomic mass is 10.2. The van der Waals surface area contributed by atoms with Gasteiger partial charge in [-0.05, 0) is 19.4 Å². The molecule has 0 aliphatic carbocycles. The minimum Gasteiger partial charge on any atom is -0.480 e. The van der Waals surface area contributed by atoms with Gasteiger partial charge in [0.25, 0.3) is 0 Å². The van der Waals surface area contributed by atoms with Gasteiger partial charge in [-0.25, -0.2) is 0 Å². The summed E-state index contributed by atoms with van der Waals surface area (Å²) in [6.45, 7) is 0.965. The number of carboxylic acids is 1. The van der Waals surface area contributed by atoms with Gasteiger partial charge < -0.3 is 16.2 Å². The number of nitrogens with two attached hydrogens (primary N) is 1. The summed E-state index contributed by atoms with van der Waals surface area (Å²) in [6.07, 6.45) is 1.68. The molecule has 86 valence electrons. The van der Waals surface area contributed by atoms with Gasteiger partial charge in [0.05, 0.1) is 6.04 Å². The van der Waals surface area contributed by atoms with Crippen LogP contribution in [0.3, 0.4) is 0 Å². The highest BCUT2D eigenvalue weighted by Gasteiger charge is 2.31. The molecule has 1 saturated heterocycles. The van der Waals surface area contributed by atoms with Crippen LogP contribution in [0.1, 0.15) is 12.8 Å². The number of amides is 1. The van der Waals surface area contributed by atoms with Gasteiger partial charge in [-0.1, -0.05) is 0 Å². The minimum atomic E-state index is -1.03. The van der Waals surface area contributed by atoms with E-state index in [0.29, 0.717) is 0 Å². The Hall–Kier alpha value is -1.14. The van der Waals surface area contributed by atoms with Gasteiger partial charge in [0.2, 0.25) is 5.91 Å². The van der Waals surface area contributed by atoms with E-state index in [2.05, 4.69) is 5.32 Å². The van der Waals surface area contributed by atoms with Crippen molar-refractivity contribution in [2.45, 2.75) is 24.9 Å². The first kappa shape index (κ1) is 11.9. The monoisotopic (exact) mass is 215 g/mol. The van der Waals surface area contributed by atoms with Gasteiger partial charge in [-0.3, -0.25) is 14.5 Å². The number of carboxylic acid groups (broad SMARTS) is 1. The standard InChI is InChI=1S/C9H17N3O3/c1-11-8(13)7-3-2-4-12(7)5-6(10)9(14)15/h6-7H,2-5,10H2,1H3,(H,11,13)(H,14,15). The quantitative estimate of drug-likeness (QED) is 0.536. The molecule has 1 heterocycles. The molecule has 1 aliphatic heterocycles. The van der Waals surface area contributed by atoms with Crippen LogP contribution in [0.15, 0.2) is 0 Å². The maximum atomic E-state index is 11.4. The molecule has 2 unspecified atom stereocenters. The van der Waals surface area contributed by atoms with Crippen molar-refractivity contribution >= 4 is 11.9 Å². The largest absolute Gasteiger partial charge is 0.480 e. The Balaban J connectivity index is 2.53. The van der Waals surface area contributed by atoms with E-state index >= 15 is 0 Å². The highest BCUT2D eigenvalue weighted by atomic mass is 16.4. The normalized spacial score (nSPS) is 23.7. The number of nitrogens with zero attached hydrogens (tertiary/aromatic N) is 1. The molecule has 0 aromatic carbocycles. The highest BCUT2D eigenvalue weighted by Crippen LogP contribution is 2.17. The van der Waals surface area contributed by atoms with Crippen LogP contribution >= 0.6 is 0 Å². The molecular formula is C9H17N3O3. The smallest absolute Gasteiger partial charge is 0.321 e. The summed E-state index contributed by atoms with van der Waals surface area (Å²) in [5.74, 6) is -1.09. The van der Waals surface area contributed by atoms with Crippen LogP contribution < -0.4 is 11.1 Å². The molecule has 1 aliphatic rings. The second-order valence-corrected chi connectivity index (χ2v) is 3.71. The molecule has 0 aromatic rings. The fourth-order valence-corrected chi connectivity index (χ4v) is 1.84. The number of rotatable bonds is 4. The van der Waals surface area contributed by atoms with Crippen molar-refractivity contribution < 1.29 is 14.7 Å².